The van der Waals surface area contributed by atoms with Crippen molar-refractivity contribution in [2.24, 2.45) is 0 Å². The molecule has 3 heteroatoms. The monoisotopic (exact) mass is 207 g/mol. The van der Waals surface area contributed by atoms with Gasteiger partial charge in [0, 0.05) is 11.4 Å². The van der Waals surface area contributed by atoms with Crippen LogP contribution < -0.4 is 0 Å². The van der Waals surface area contributed by atoms with Crippen LogP contribution in [0.25, 0.3) is 0 Å². The molecule has 0 saturated heterocycles. The molecule has 1 heterocycles. The zero-order valence-corrected chi connectivity index (χ0v) is 10.6. The van der Waals surface area contributed by atoms with Crippen LogP contribution >= 0.6 is 0 Å². The second kappa shape index (κ2) is 4.71. The molecule has 15 heavy (non-hydrogen) atoms. The van der Waals surface area contributed by atoms with Crippen molar-refractivity contribution in [1.29, 1.82) is 0 Å². The summed E-state index contributed by atoms with van der Waals surface area (Å²) in [5.41, 5.74) is 3.53. The molecule has 0 aromatic carbocycles. The Morgan fingerprint density at radius 2 is 1.53 bits per heavy atom. The van der Waals surface area contributed by atoms with Crippen LogP contribution in [-0.2, 0) is 6.54 Å². The Hall–Kier alpha value is -0.960. The Balaban J connectivity index is 3.08. The van der Waals surface area contributed by atoms with E-state index in [0.717, 1.165) is 23.8 Å². The summed E-state index contributed by atoms with van der Waals surface area (Å²) in [6, 6.07) is 0. The maximum Gasteiger partial charge on any atom is 0.142 e. The number of aryl methyl sites for hydroxylation is 2. The Morgan fingerprint density at radius 3 is 1.87 bits per heavy atom. The highest BCUT2D eigenvalue weighted by atomic mass is 15.1. The van der Waals surface area contributed by atoms with Crippen LogP contribution in [0.1, 0.15) is 42.5 Å². The summed E-state index contributed by atoms with van der Waals surface area (Å²) in [7, 11) is 4.06. The molecule has 3 nitrogen and oxygen atoms in total. The van der Waals surface area contributed by atoms with Gasteiger partial charge in [0.15, 0.2) is 0 Å². The summed E-state index contributed by atoms with van der Waals surface area (Å²) in [4.78, 5) is 11.2. The van der Waals surface area contributed by atoms with Crippen molar-refractivity contribution < 1.29 is 0 Å². The third kappa shape index (κ3) is 2.99. The first-order valence-corrected chi connectivity index (χ1v) is 5.40. The van der Waals surface area contributed by atoms with Crippen molar-refractivity contribution in [3.05, 3.63) is 22.8 Å². The van der Waals surface area contributed by atoms with E-state index in [4.69, 9.17) is 0 Å². The summed E-state index contributed by atoms with van der Waals surface area (Å²) >= 11 is 0. The van der Waals surface area contributed by atoms with Gasteiger partial charge in [-0.3, -0.25) is 0 Å². The summed E-state index contributed by atoms with van der Waals surface area (Å²) in [6.45, 7) is 9.32. The van der Waals surface area contributed by atoms with Gasteiger partial charge in [-0.15, -0.1) is 0 Å². The normalized spacial score (nSPS) is 11.5. The Kier molecular flexibility index (Phi) is 3.80. The van der Waals surface area contributed by atoms with Crippen molar-refractivity contribution in [3.8, 4) is 0 Å². The highest BCUT2D eigenvalue weighted by molar-refractivity contribution is 5.27. The molecule has 1 aromatic rings. The summed E-state index contributed by atoms with van der Waals surface area (Å²) < 4.78 is 0. The number of aromatic nitrogens is 2. The quantitative estimate of drug-likeness (QED) is 0.761. The van der Waals surface area contributed by atoms with Crippen LogP contribution in [0, 0.1) is 13.8 Å². The number of hydrogen-bond acceptors (Lipinski definition) is 3. The SMILES string of the molecule is Cc1nc(CN(C)C)nc(C)c1C(C)C. The zero-order chi connectivity index (χ0) is 11.6. The number of rotatable bonds is 3. The van der Waals surface area contributed by atoms with Gasteiger partial charge in [-0.05, 0) is 39.4 Å². The van der Waals surface area contributed by atoms with Crippen molar-refractivity contribution in [2.75, 3.05) is 14.1 Å². The van der Waals surface area contributed by atoms with Crippen LogP contribution in [0.3, 0.4) is 0 Å². The van der Waals surface area contributed by atoms with Gasteiger partial charge in [0.2, 0.25) is 0 Å². The molecule has 0 spiro atoms. The molecule has 0 unspecified atom stereocenters. The molecule has 0 aliphatic heterocycles. The van der Waals surface area contributed by atoms with E-state index in [0.29, 0.717) is 5.92 Å². The van der Waals surface area contributed by atoms with Gasteiger partial charge in [0.1, 0.15) is 5.82 Å². The third-order valence-electron chi connectivity index (χ3n) is 2.41. The van der Waals surface area contributed by atoms with Crippen molar-refractivity contribution in [3.63, 3.8) is 0 Å². The fraction of sp³-hybridized carbons (Fsp3) is 0.667. The van der Waals surface area contributed by atoms with Crippen molar-refractivity contribution in [1.82, 2.24) is 14.9 Å². The lowest BCUT2D eigenvalue weighted by atomic mass is 10.0. The molecule has 0 N–H and O–H groups in total. The zero-order valence-electron chi connectivity index (χ0n) is 10.6. The van der Waals surface area contributed by atoms with Crippen LogP contribution in [-0.4, -0.2) is 29.0 Å². The molecular weight excluding hydrogens is 186 g/mol. The van der Waals surface area contributed by atoms with Crippen LogP contribution in [0.4, 0.5) is 0 Å². The largest absolute Gasteiger partial charge is 0.302 e. The molecule has 0 bridgehead atoms. The smallest absolute Gasteiger partial charge is 0.142 e. The highest BCUT2D eigenvalue weighted by Gasteiger charge is 2.11. The molecule has 0 aliphatic carbocycles. The van der Waals surface area contributed by atoms with E-state index < -0.39 is 0 Å². The molecule has 0 radical (unpaired) electrons. The predicted molar refractivity (Wildman–Crippen MR) is 63.0 cm³/mol. The maximum absolute atomic E-state index is 4.54. The Bertz CT molecular complexity index is 320. The maximum atomic E-state index is 4.54. The van der Waals surface area contributed by atoms with Gasteiger partial charge in [0.05, 0.1) is 6.54 Å². The van der Waals surface area contributed by atoms with Crippen LogP contribution in [0.15, 0.2) is 0 Å². The van der Waals surface area contributed by atoms with E-state index >= 15 is 0 Å². The van der Waals surface area contributed by atoms with Gasteiger partial charge in [-0.1, -0.05) is 13.8 Å². The lowest BCUT2D eigenvalue weighted by molar-refractivity contribution is 0.389. The summed E-state index contributed by atoms with van der Waals surface area (Å²) in [6.07, 6.45) is 0. The van der Waals surface area contributed by atoms with E-state index in [9.17, 15) is 0 Å². The number of hydrogen-bond donors (Lipinski definition) is 0. The van der Waals surface area contributed by atoms with Gasteiger partial charge in [-0.25, -0.2) is 9.97 Å². The predicted octanol–water partition coefficient (Wildman–Crippen LogP) is 2.28. The first kappa shape index (κ1) is 12.1. The molecule has 1 aromatic heterocycles. The Morgan fingerprint density at radius 1 is 1.07 bits per heavy atom. The van der Waals surface area contributed by atoms with Crippen molar-refractivity contribution >= 4 is 0 Å². The third-order valence-corrected chi connectivity index (χ3v) is 2.41. The van der Waals surface area contributed by atoms with Crippen LogP contribution in [0.5, 0.6) is 0 Å². The van der Waals surface area contributed by atoms with E-state index in [2.05, 4.69) is 42.6 Å². The minimum Gasteiger partial charge on any atom is -0.302 e. The molecule has 1 rings (SSSR count). The lowest BCUT2D eigenvalue weighted by Gasteiger charge is -2.15. The van der Waals surface area contributed by atoms with E-state index in [-0.39, 0.29) is 0 Å². The molecule has 0 atom stereocenters. The molecule has 0 saturated carbocycles. The van der Waals surface area contributed by atoms with Gasteiger partial charge >= 0.3 is 0 Å². The van der Waals surface area contributed by atoms with E-state index in [1.54, 1.807) is 0 Å². The number of nitrogens with zero attached hydrogens (tertiary/aromatic N) is 3. The minimum atomic E-state index is 0.499. The highest BCUT2D eigenvalue weighted by Crippen LogP contribution is 2.20. The average molecular weight is 207 g/mol. The van der Waals surface area contributed by atoms with Crippen LogP contribution in [0.2, 0.25) is 0 Å². The Labute approximate surface area is 92.6 Å². The fourth-order valence-corrected chi connectivity index (χ4v) is 1.98. The molecule has 84 valence electrons. The van der Waals surface area contributed by atoms with Gasteiger partial charge in [0.25, 0.3) is 0 Å². The first-order chi connectivity index (χ1) is 6.91. The second-order valence-electron chi connectivity index (χ2n) is 4.62. The molecule has 0 aliphatic rings. The second-order valence-corrected chi connectivity index (χ2v) is 4.62. The van der Waals surface area contributed by atoms with E-state index in [1.165, 1.54) is 5.56 Å². The van der Waals surface area contributed by atoms with Crippen molar-refractivity contribution in [2.45, 2.75) is 40.2 Å². The average Bonchev–Trinajstić information content (AvgIpc) is 1.99. The molecule has 0 amide bonds. The summed E-state index contributed by atoms with van der Waals surface area (Å²) in [5, 5.41) is 0. The summed E-state index contributed by atoms with van der Waals surface area (Å²) in [5.74, 6) is 1.41. The van der Waals surface area contributed by atoms with E-state index in [1.807, 2.05) is 14.1 Å². The standard InChI is InChI=1S/C12H21N3/c1-8(2)12-9(3)13-11(7-15(5)6)14-10(12)4/h8H,7H2,1-6H3. The fourth-order valence-electron chi connectivity index (χ4n) is 1.98. The minimum absolute atomic E-state index is 0.499. The topological polar surface area (TPSA) is 29.0 Å². The first-order valence-electron chi connectivity index (χ1n) is 5.40. The lowest BCUT2D eigenvalue weighted by Crippen LogP contribution is -2.15. The molecular formula is C12H21N3. The van der Waals surface area contributed by atoms with Gasteiger partial charge in [-0.2, -0.15) is 0 Å². The van der Waals surface area contributed by atoms with Gasteiger partial charge < -0.3 is 4.90 Å². The molecule has 0 fully saturated rings.